The van der Waals surface area contributed by atoms with Crippen molar-refractivity contribution in [1.29, 1.82) is 0 Å². The van der Waals surface area contributed by atoms with E-state index in [1.165, 1.54) is 5.69 Å². The van der Waals surface area contributed by atoms with E-state index in [9.17, 15) is 0 Å². The molecule has 23 heavy (non-hydrogen) atoms. The smallest absolute Gasteiger partial charge is 0.117 e. The molecule has 0 bridgehead atoms. The lowest BCUT2D eigenvalue weighted by Gasteiger charge is -2.26. The maximum atomic E-state index is 5.50. The quantitative estimate of drug-likeness (QED) is 0.842. The first kappa shape index (κ1) is 14.9. The van der Waals surface area contributed by atoms with Gasteiger partial charge in [0.2, 0.25) is 0 Å². The fraction of sp³-hybridized carbons (Fsp3) is 0.625. The van der Waals surface area contributed by atoms with Crippen LogP contribution in [0.1, 0.15) is 23.6 Å². The Morgan fingerprint density at radius 2 is 1.96 bits per heavy atom. The van der Waals surface area contributed by atoms with Crippen molar-refractivity contribution in [3.8, 4) is 0 Å². The van der Waals surface area contributed by atoms with Crippen molar-refractivity contribution in [2.24, 2.45) is 0 Å². The highest BCUT2D eigenvalue weighted by Gasteiger charge is 2.22. The van der Waals surface area contributed by atoms with Crippen LogP contribution in [0.25, 0.3) is 0 Å². The zero-order valence-corrected chi connectivity index (χ0v) is 13.4. The van der Waals surface area contributed by atoms with Crippen molar-refractivity contribution < 1.29 is 9.15 Å². The molecular formula is C16H23N5O2. The van der Waals surface area contributed by atoms with E-state index < -0.39 is 0 Å². The normalized spacial score (nSPS) is 20.3. The molecule has 4 rings (SSSR count). The van der Waals surface area contributed by atoms with Crippen LogP contribution in [0, 0.1) is 0 Å². The monoisotopic (exact) mass is 317 g/mol. The minimum absolute atomic E-state index is 0.814. The molecule has 0 radical (unpaired) electrons. The Morgan fingerprint density at radius 3 is 2.78 bits per heavy atom. The molecule has 0 aromatic carbocycles. The van der Waals surface area contributed by atoms with E-state index in [-0.39, 0.29) is 0 Å². The predicted octanol–water partition coefficient (Wildman–Crippen LogP) is 1.11. The van der Waals surface area contributed by atoms with Crippen LogP contribution in [0.4, 0.5) is 0 Å². The van der Waals surface area contributed by atoms with Gasteiger partial charge in [0.05, 0.1) is 31.7 Å². The number of hydrogen-bond acceptors (Lipinski definition) is 6. The molecular weight excluding hydrogens is 294 g/mol. The summed E-state index contributed by atoms with van der Waals surface area (Å²) >= 11 is 0. The predicted molar refractivity (Wildman–Crippen MR) is 83.6 cm³/mol. The Morgan fingerprint density at radius 1 is 1.04 bits per heavy atom. The number of fused-ring (bicyclic) bond motifs is 1. The SMILES string of the molecule is c1coc(CN2CCCn3nnc(CN4CCOCC4)c3C2)c1. The summed E-state index contributed by atoms with van der Waals surface area (Å²) in [5.41, 5.74) is 2.36. The van der Waals surface area contributed by atoms with Crippen LogP contribution in [0.3, 0.4) is 0 Å². The molecule has 2 aromatic rings. The summed E-state index contributed by atoms with van der Waals surface area (Å²) in [6, 6.07) is 3.98. The van der Waals surface area contributed by atoms with Gasteiger partial charge in [0.15, 0.2) is 0 Å². The number of rotatable bonds is 4. The number of ether oxygens (including phenoxy) is 1. The molecule has 0 saturated carbocycles. The Kier molecular flexibility index (Phi) is 4.41. The van der Waals surface area contributed by atoms with Crippen molar-refractivity contribution in [2.45, 2.75) is 32.6 Å². The fourth-order valence-corrected chi connectivity index (χ4v) is 3.31. The summed E-state index contributed by atoms with van der Waals surface area (Å²) in [6.45, 7) is 8.17. The van der Waals surface area contributed by atoms with Crippen LogP contribution < -0.4 is 0 Å². The van der Waals surface area contributed by atoms with Gasteiger partial charge < -0.3 is 9.15 Å². The Labute approximate surface area is 135 Å². The molecule has 7 heteroatoms. The largest absolute Gasteiger partial charge is 0.468 e. The molecule has 0 atom stereocenters. The topological polar surface area (TPSA) is 59.6 Å². The van der Waals surface area contributed by atoms with Gasteiger partial charge in [0.25, 0.3) is 0 Å². The highest BCUT2D eigenvalue weighted by molar-refractivity contribution is 5.12. The first-order chi connectivity index (χ1) is 11.4. The van der Waals surface area contributed by atoms with Crippen LogP contribution in [-0.4, -0.2) is 57.6 Å². The van der Waals surface area contributed by atoms with Crippen molar-refractivity contribution in [2.75, 3.05) is 32.8 Å². The second-order valence-electron chi connectivity index (χ2n) is 6.24. The van der Waals surface area contributed by atoms with Gasteiger partial charge in [0, 0.05) is 39.3 Å². The molecule has 2 aliphatic heterocycles. The summed E-state index contributed by atoms with van der Waals surface area (Å²) in [5, 5.41) is 8.82. The fourth-order valence-electron chi connectivity index (χ4n) is 3.31. The maximum Gasteiger partial charge on any atom is 0.117 e. The summed E-state index contributed by atoms with van der Waals surface area (Å²) in [4.78, 5) is 4.82. The van der Waals surface area contributed by atoms with Gasteiger partial charge in [-0.05, 0) is 18.6 Å². The zero-order valence-electron chi connectivity index (χ0n) is 13.4. The third kappa shape index (κ3) is 3.46. The van der Waals surface area contributed by atoms with Crippen LogP contribution in [0.2, 0.25) is 0 Å². The number of nitrogens with zero attached hydrogens (tertiary/aromatic N) is 5. The van der Waals surface area contributed by atoms with Crippen LogP contribution in [0.5, 0.6) is 0 Å². The van der Waals surface area contributed by atoms with Gasteiger partial charge >= 0.3 is 0 Å². The second-order valence-corrected chi connectivity index (χ2v) is 6.24. The second kappa shape index (κ2) is 6.82. The Hall–Kier alpha value is -1.70. The first-order valence-electron chi connectivity index (χ1n) is 8.34. The van der Waals surface area contributed by atoms with Crippen LogP contribution in [-0.2, 0) is 30.9 Å². The van der Waals surface area contributed by atoms with E-state index in [0.29, 0.717) is 0 Å². The molecule has 4 heterocycles. The molecule has 2 aliphatic rings. The Bertz CT molecular complexity index is 618. The van der Waals surface area contributed by atoms with Gasteiger partial charge in [0.1, 0.15) is 11.5 Å². The van der Waals surface area contributed by atoms with Crippen molar-refractivity contribution in [3.05, 3.63) is 35.5 Å². The lowest BCUT2D eigenvalue weighted by atomic mass is 10.2. The number of aromatic nitrogens is 3. The van der Waals surface area contributed by atoms with E-state index in [1.807, 2.05) is 12.1 Å². The molecule has 2 aromatic heterocycles. The lowest BCUT2D eigenvalue weighted by molar-refractivity contribution is 0.0334. The minimum atomic E-state index is 0.814. The van der Waals surface area contributed by atoms with Gasteiger partial charge in [-0.25, -0.2) is 4.68 Å². The van der Waals surface area contributed by atoms with Crippen molar-refractivity contribution >= 4 is 0 Å². The number of hydrogen-bond donors (Lipinski definition) is 0. The van der Waals surface area contributed by atoms with E-state index >= 15 is 0 Å². The first-order valence-corrected chi connectivity index (χ1v) is 8.34. The van der Waals surface area contributed by atoms with E-state index in [1.54, 1.807) is 6.26 Å². The Balaban J connectivity index is 1.47. The lowest BCUT2D eigenvalue weighted by Crippen LogP contribution is -2.36. The van der Waals surface area contributed by atoms with E-state index in [2.05, 4.69) is 24.8 Å². The van der Waals surface area contributed by atoms with Gasteiger partial charge in [-0.2, -0.15) is 0 Å². The maximum absolute atomic E-state index is 5.50. The average molecular weight is 317 g/mol. The highest BCUT2D eigenvalue weighted by atomic mass is 16.5. The third-order valence-corrected chi connectivity index (χ3v) is 4.57. The standard InChI is InChI=1S/C16H23N5O2/c1-3-14(23-8-1)11-20-4-2-5-21-16(13-20)15(17-18-21)12-19-6-9-22-10-7-19/h1,3,8H,2,4-7,9-13H2. The highest BCUT2D eigenvalue weighted by Crippen LogP contribution is 2.18. The molecule has 0 amide bonds. The molecule has 1 saturated heterocycles. The number of furan rings is 1. The van der Waals surface area contributed by atoms with E-state index in [0.717, 1.165) is 76.9 Å². The summed E-state index contributed by atoms with van der Waals surface area (Å²) in [7, 11) is 0. The average Bonchev–Trinajstić information content (AvgIpc) is 3.15. The summed E-state index contributed by atoms with van der Waals surface area (Å²) in [5.74, 6) is 1.01. The van der Waals surface area contributed by atoms with Crippen molar-refractivity contribution in [1.82, 2.24) is 24.8 Å². The molecule has 7 nitrogen and oxygen atoms in total. The third-order valence-electron chi connectivity index (χ3n) is 4.57. The van der Waals surface area contributed by atoms with Gasteiger partial charge in [-0.3, -0.25) is 9.80 Å². The van der Waals surface area contributed by atoms with Crippen LogP contribution >= 0.6 is 0 Å². The number of aryl methyl sites for hydroxylation is 1. The summed E-state index contributed by atoms with van der Waals surface area (Å²) in [6.07, 6.45) is 2.83. The molecule has 1 fully saturated rings. The molecule has 124 valence electrons. The zero-order chi connectivity index (χ0) is 15.5. The van der Waals surface area contributed by atoms with E-state index in [4.69, 9.17) is 9.15 Å². The molecule has 0 N–H and O–H groups in total. The molecule has 0 spiro atoms. The molecule has 0 aliphatic carbocycles. The summed E-state index contributed by atoms with van der Waals surface area (Å²) < 4.78 is 13.0. The van der Waals surface area contributed by atoms with Crippen LogP contribution in [0.15, 0.2) is 22.8 Å². The minimum Gasteiger partial charge on any atom is -0.468 e. The number of morpholine rings is 1. The van der Waals surface area contributed by atoms with Gasteiger partial charge in [-0.1, -0.05) is 5.21 Å². The van der Waals surface area contributed by atoms with Crippen molar-refractivity contribution in [3.63, 3.8) is 0 Å². The molecule has 0 unspecified atom stereocenters. The van der Waals surface area contributed by atoms with Gasteiger partial charge in [-0.15, -0.1) is 5.10 Å².